The predicted octanol–water partition coefficient (Wildman–Crippen LogP) is 7.81. The van der Waals surface area contributed by atoms with Gasteiger partial charge in [0.2, 0.25) is 0 Å². The summed E-state index contributed by atoms with van der Waals surface area (Å²) < 4.78 is 26.6. The Morgan fingerprint density at radius 3 is 2.52 bits per heavy atom. The van der Waals surface area contributed by atoms with Crippen molar-refractivity contribution in [3.05, 3.63) is 77.5 Å². The van der Waals surface area contributed by atoms with Gasteiger partial charge in [-0.2, -0.15) is 9.61 Å². The van der Waals surface area contributed by atoms with Gasteiger partial charge in [0.1, 0.15) is 11.6 Å². The van der Waals surface area contributed by atoms with E-state index in [0.717, 1.165) is 58.8 Å². The molecular formula is C39H48N4O5. The SMILES string of the molecule is COC(=O)[C@@H](OC(C)(C)C)c1c(C)nc2cc3nn2c1N1CCC(C)(CC1)OC/C=C\C[C@H](C)Oc1cc(C)ccc1-c1cccc-3c1. The zero-order valence-electron chi connectivity index (χ0n) is 29.5. The van der Waals surface area contributed by atoms with Gasteiger partial charge in [-0.15, -0.1) is 0 Å². The molecule has 0 aliphatic carbocycles. The minimum atomic E-state index is -0.986. The van der Waals surface area contributed by atoms with E-state index in [2.05, 4.69) is 80.3 Å². The lowest BCUT2D eigenvalue weighted by molar-refractivity contribution is -0.164. The number of rotatable bonds is 3. The molecule has 0 saturated carbocycles. The lowest BCUT2D eigenvalue weighted by atomic mass is 9.92. The summed E-state index contributed by atoms with van der Waals surface area (Å²) >= 11 is 0. The minimum absolute atomic E-state index is 0.00847. The monoisotopic (exact) mass is 652 g/mol. The van der Waals surface area contributed by atoms with E-state index in [0.29, 0.717) is 36.6 Å². The van der Waals surface area contributed by atoms with Crippen molar-refractivity contribution in [3.8, 4) is 28.1 Å². The molecule has 2 aromatic carbocycles. The topological polar surface area (TPSA) is 87.4 Å². The number of aryl methyl sites for hydroxylation is 2. The number of aromatic nitrogens is 3. The predicted molar refractivity (Wildman–Crippen MR) is 189 cm³/mol. The number of carbonyl (C=O) groups excluding carboxylic acids is 1. The van der Waals surface area contributed by atoms with Gasteiger partial charge >= 0.3 is 5.97 Å². The number of anilines is 1. The van der Waals surface area contributed by atoms with Crippen LogP contribution in [0.4, 0.5) is 5.82 Å². The van der Waals surface area contributed by atoms with Crippen LogP contribution >= 0.6 is 0 Å². The van der Waals surface area contributed by atoms with Gasteiger partial charge in [0.05, 0.1) is 42.3 Å². The molecule has 0 radical (unpaired) electrons. The van der Waals surface area contributed by atoms with E-state index in [-0.39, 0.29) is 11.7 Å². The number of carbonyl (C=O) groups is 1. The summed E-state index contributed by atoms with van der Waals surface area (Å²) in [5.74, 6) is 1.17. The lowest BCUT2D eigenvalue weighted by Crippen LogP contribution is -2.45. The van der Waals surface area contributed by atoms with E-state index in [1.54, 1.807) is 0 Å². The standard InChI is InChI=1S/C39H48N4O5/c1-25-15-16-30-28-13-11-14-29(23-28)31-24-33-40-27(3)34(35(37(44)45-8)48-38(4,5)6)36(43(33)41-31)42-19-17-39(7,18-20-42)46-21-10-9-12-26(2)47-32(30)22-25/h9-11,13-16,22-24,26,35H,12,17-21H2,1-8H3/b10-9-/t26-,35-/m0/s1. The fraction of sp³-hybridized carbons (Fsp3) is 0.462. The van der Waals surface area contributed by atoms with Crippen LogP contribution in [-0.4, -0.2) is 64.7 Å². The first kappa shape index (κ1) is 33.7. The first-order chi connectivity index (χ1) is 22.8. The third-order valence-corrected chi connectivity index (χ3v) is 9.17. The van der Waals surface area contributed by atoms with E-state index in [9.17, 15) is 4.79 Å². The second kappa shape index (κ2) is 13.4. The average molecular weight is 653 g/mol. The largest absolute Gasteiger partial charge is 0.490 e. The smallest absolute Gasteiger partial charge is 0.339 e. The van der Waals surface area contributed by atoms with Crippen LogP contribution in [0.2, 0.25) is 0 Å². The molecule has 5 heterocycles. The lowest BCUT2D eigenvalue weighted by Gasteiger charge is -2.41. The Morgan fingerprint density at radius 2 is 1.79 bits per heavy atom. The normalized spacial score (nSPS) is 21.4. The van der Waals surface area contributed by atoms with E-state index in [1.165, 1.54) is 7.11 Å². The second-order valence-corrected chi connectivity index (χ2v) is 14.3. The van der Waals surface area contributed by atoms with Gasteiger partial charge < -0.3 is 23.8 Å². The highest BCUT2D eigenvalue weighted by Crippen LogP contribution is 2.40. The van der Waals surface area contributed by atoms with Crippen LogP contribution < -0.4 is 9.64 Å². The molecule has 1 saturated heterocycles. The molecule has 3 aliphatic rings. The summed E-state index contributed by atoms with van der Waals surface area (Å²) in [6.45, 7) is 16.1. The van der Waals surface area contributed by atoms with Crippen molar-refractivity contribution in [3.63, 3.8) is 0 Å². The van der Waals surface area contributed by atoms with E-state index in [4.69, 9.17) is 29.0 Å². The molecule has 254 valence electrons. The third kappa shape index (κ3) is 7.12. The maximum Gasteiger partial charge on any atom is 0.339 e. The van der Waals surface area contributed by atoms with Gasteiger partial charge in [-0.25, -0.2) is 9.78 Å². The first-order valence-electron chi connectivity index (χ1n) is 16.9. The first-order valence-corrected chi connectivity index (χ1v) is 16.9. The van der Waals surface area contributed by atoms with Crippen LogP contribution in [0.25, 0.3) is 28.0 Å². The molecular weight excluding hydrogens is 604 g/mol. The molecule has 0 spiro atoms. The summed E-state index contributed by atoms with van der Waals surface area (Å²) in [4.78, 5) is 20.7. The van der Waals surface area contributed by atoms with Gasteiger partial charge in [0, 0.05) is 42.4 Å². The Hall–Kier alpha value is -4.21. The zero-order valence-corrected chi connectivity index (χ0v) is 29.5. The van der Waals surface area contributed by atoms with E-state index < -0.39 is 17.7 Å². The molecule has 2 aromatic heterocycles. The number of methoxy groups -OCH3 is 1. The van der Waals surface area contributed by atoms with Crippen molar-refractivity contribution in [2.75, 3.05) is 31.7 Å². The second-order valence-electron chi connectivity index (χ2n) is 14.3. The molecule has 2 atom stereocenters. The number of benzene rings is 2. The van der Waals surface area contributed by atoms with E-state index >= 15 is 0 Å². The number of piperidine rings is 1. The van der Waals surface area contributed by atoms with Gasteiger partial charge in [-0.1, -0.05) is 42.5 Å². The van der Waals surface area contributed by atoms with Crippen LogP contribution in [0.3, 0.4) is 0 Å². The maximum atomic E-state index is 13.4. The number of fused-ring (bicyclic) bond motifs is 7. The fourth-order valence-corrected chi connectivity index (χ4v) is 6.57. The highest BCUT2D eigenvalue weighted by atomic mass is 16.6. The van der Waals surface area contributed by atoms with Crippen molar-refractivity contribution < 1.29 is 23.7 Å². The number of hydrogen-bond acceptors (Lipinski definition) is 8. The highest BCUT2D eigenvalue weighted by Gasteiger charge is 2.38. The number of ether oxygens (including phenoxy) is 4. The Labute approximate surface area is 283 Å². The molecule has 1 fully saturated rings. The van der Waals surface area contributed by atoms with Gasteiger partial charge in [-0.05, 0) is 84.6 Å². The molecule has 4 aromatic rings. The number of nitrogens with zero attached hydrogens (tertiary/aromatic N) is 4. The molecule has 9 nitrogen and oxygen atoms in total. The average Bonchev–Trinajstić information content (AvgIpc) is 3.46. The van der Waals surface area contributed by atoms with Crippen molar-refractivity contribution in [1.82, 2.24) is 14.6 Å². The Morgan fingerprint density at radius 1 is 1.04 bits per heavy atom. The van der Waals surface area contributed by atoms with Crippen LogP contribution in [0.5, 0.6) is 5.75 Å². The summed E-state index contributed by atoms with van der Waals surface area (Å²) in [6.07, 6.45) is 5.63. The summed E-state index contributed by atoms with van der Waals surface area (Å²) in [7, 11) is 1.39. The van der Waals surface area contributed by atoms with Crippen LogP contribution in [0, 0.1) is 13.8 Å². The van der Waals surface area contributed by atoms with Crippen molar-refractivity contribution >= 4 is 17.4 Å². The van der Waals surface area contributed by atoms with Crippen LogP contribution in [0.1, 0.15) is 76.8 Å². The Kier molecular flexibility index (Phi) is 9.37. The Bertz CT molecular complexity index is 1830. The molecule has 0 N–H and O–H groups in total. The minimum Gasteiger partial charge on any atom is -0.490 e. The fourth-order valence-electron chi connectivity index (χ4n) is 6.57. The molecule has 0 unspecified atom stereocenters. The maximum absolute atomic E-state index is 13.4. The Balaban J connectivity index is 1.55. The van der Waals surface area contributed by atoms with Crippen molar-refractivity contribution in [1.29, 1.82) is 0 Å². The summed E-state index contributed by atoms with van der Waals surface area (Å²) in [5, 5.41) is 5.17. The number of esters is 1. The number of hydrogen-bond donors (Lipinski definition) is 0. The van der Waals surface area contributed by atoms with Crippen molar-refractivity contribution in [2.24, 2.45) is 0 Å². The van der Waals surface area contributed by atoms with Crippen LogP contribution in [0.15, 0.2) is 60.7 Å². The molecule has 0 amide bonds. The molecule has 6 bridgehead atoms. The van der Waals surface area contributed by atoms with Gasteiger partial charge in [0.25, 0.3) is 0 Å². The van der Waals surface area contributed by atoms with E-state index in [1.807, 2.05) is 38.3 Å². The van der Waals surface area contributed by atoms with Gasteiger partial charge in [-0.3, -0.25) is 0 Å². The molecule has 7 rings (SSSR count). The van der Waals surface area contributed by atoms with Crippen LogP contribution in [-0.2, 0) is 19.0 Å². The van der Waals surface area contributed by atoms with Crippen molar-refractivity contribution in [2.45, 2.75) is 91.1 Å². The summed E-state index contributed by atoms with van der Waals surface area (Å²) in [5.41, 5.74) is 6.08. The summed E-state index contributed by atoms with van der Waals surface area (Å²) in [6, 6.07) is 16.7. The molecule has 9 heteroatoms. The quantitative estimate of drug-likeness (QED) is 0.164. The highest BCUT2D eigenvalue weighted by molar-refractivity contribution is 5.81. The van der Waals surface area contributed by atoms with Gasteiger partial charge in [0.15, 0.2) is 11.8 Å². The molecule has 48 heavy (non-hydrogen) atoms. The zero-order chi connectivity index (χ0) is 34.2. The molecule has 3 aliphatic heterocycles. The third-order valence-electron chi connectivity index (χ3n) is 9.17.